The Bertz CT molecular complexity index is 529. The van der Waals surface area contributed by atoms with Gasteiger partial charge in [0, 0.05) is 0 Å². The minimum atomic E-state index is -0.277. The summed E-state index contributed by atoms with van der Waals surface area (Å²) in [6.07, 6.45) is 5.35. The first kappa shape index (κ1) is 9.33. The quantitative estimate of drug-likeness (QED) is 0.726. The molecule has 1 aliphatic carbocycles. The topological polar surface area (TPSA) is 46.2 Å². The van der Waals surface area contributed by atoms with Gasteiger partial charge in [0.25, 0.3) is 11.8 Å². The van der Waals surface area contributed by atoms with Gasteiger partial charge in [-0.1, -0.05) is 18.2 Å². The molecule has 0 unspecified atom stereocenters. The van der Waals surface area contributed by atoms with E-state index in [2.05, 4.69) is 11.4 Å². The largest absolute Gasteiger partial charge is 0.288 e. The average molecular weight is 213 g/mol. The summed E-state index contributed by atoms with van der Waals surface area (Å²) in [6, 6.07) is 5.47. The molecule has 2 aliphatic rings. The molecule has 1 heterocycles. The molecule has 0 bridgehead atoms. The van der Waals surface area contributed by atoms with Gasteiger partial charge in [-0.2, -0.15) is 0 Å². The van der Waals surface area contributed by atoms with Crippen molar-refractivity contribution < 1.29 is 9.59 Å². The predicted octanol–water partition coefficient (Wildman–Crippen LogP) is 2.14. The summed E-state index contributed by atoms with van der Waals surface area (Å²) in [4.78, 5) is 23.2. The summed E-state index contributed by atoms with van der Waals surface area (Å²) in [5, 5.41) is 2.34. The monoisotopic (exact) mass is 213 g/mol. The summed E-state index contributed by atoms with van der Waals surface area (Å²) >= 11 is 0. The fraction of sp³-hybridized carbons (Fsp3) is 0.231. The summed E-state index contributed by atoms with van der Waals surface area (Å²) in [5.74, 6) is -0.538. The Hall–Kier alpha value is -1.90. The number of carbonyl (C=O) groups excluding carboxylic acids is 2. The molecule has 3 heteroatoms. The first-order valence-electron chi connectivity index (χ1n) is 5.45. The lowest BCUT2D eigenvalue weighted by atomic mass is 9.96. The Morgan fingerprint density at radius 3 is 2.62 bits per heavy atom. The summed E-state index contributed by atoms with van der Waals surface area (Å²) in [5.41, 5.74) is 3.19. The third-order valence-corrected chi connectivity index (χ3v) is 3.15. The van der Waals surface area contributed by atoms with Crippen LogP contribution in [0.3, 0.4) is 0 Å². The Balaban J connectivity index is 2.21. The molecule has 1 N–H and O–H groups in total. The van der Waals surface area contributed by atoms with Crippen molar-refractivity contribution >= 4 is 17.4 Å². The number of allylic oxidation sites excluding steroid dienone is 2. The Labute approximate surface area is 93.2 Å². The van der Waals surface area contributed by atoms with E-state index < -0.39 is 0 Å². The average Bonchev–Trinajstić information content (AvgIpc) is 2.88. The van der Waals surface area contributed by atoms with E-state index in [1.165, 1.54) is 5.57 Å². The number of carbonyl (C=O) groups is 2. The highest BCUT2D eigenvalue weighted by molar-refractivity contribution is 6.23. The van der Waals surface area contributed by atoms with E-state index in [1.807, 2.05) is 12.1 Å². The van der Waals surface area contributed by atoms with Crippen LogP contribution in [-0.2, 0) is 0 Å². The second-order valence-electron chi connectivity index (χ2n) is 4.13. The molecule has 2 amide bonds. The molecule has 0 saturated carbocycles. The second-order valence-corrected chi connectivity index (χ2v) is 4.13. The van der Waals surface area contributed by atoms with E-state index >= 15 is 0 Å². The maximum atomic E-state index is 11.7. The lowest BCUT2D eigenvalue weighted by Gasteiger charge is -2.06. The summed E-state index contributed by atoms with van der Waals surface area (Å²) in [6.45, 7) is 0. The number of imide groups is 1. The molecule has 16 heavy (non-hydrogen) atoms. The molecular weight excluding hydrogens is 202 g/mol. The number of benzene rings is 1. The molecule has 0 saturated heterocycles. The first-order chi connectivity index (χ1) is 7.77. The van der Waals surface area contributed by atoms with Crippen LogP contribution in [0.1, 0.15) is 45.5 Å². The molecule has 0 spiro atoms. The SMILES string of the molecule is O=C1NC(=O)c2c1cccc2C1=CCCC1. The predicted molar refractivity (Wildman–Crippen MR) is 60.1 cm³/mol. The van der Waals surface area contributed by atoms with Crippen molar-refractivity contribution in [2.45, 2.75) is 19.3 Å². The Morgan fingerprint density at radius 1 is 1.06 bits per heavy atom. The van der Waals surface area contributed by atoms with Gasteiger partial charge in [-0.15, -0.1) is 0 Å². The maximum absolute atomic E-state index is 11.7. The van der Waals surface area contributed by atoms with Crippen LogP contribution in [0.15, 0.2) is 24.3 Å². The number of amides is 2. The lowest BCUT2D eigenvalue weighted by Crippen LogP contribution is -2.20. The van der Waals surface area contributed by atoms with Crippen LogP contribution in [-0.4, -0.2) is 11.8 Å². The zero-order valence-electron chi connectivity index (χ0n) is 8.75. The van der Waals surface area contributed by atoms with Crippen molar-refractivity contribution in [3.05, 3.63) is 41.0 Å². The van der Waals surface area contributed by atoms with Gasteiger partial charge in [0.05, 0.1) is 11.1 Å². The highest BCUT2D eigenvalue weighted by Gasteiger charge is 2.30. The van der Waals surface area contributed by atoms with Crippen molar-refractivity contribution in [3.8, 4) is 0 Å². The molecular formula is C13H11NO2. The summed E-state index contributed by atoms with van der Waals surface area (Å²) < 4.78 is 0. The second kappa shape index (κ2) is 3.30. The van der Waals surface area contributed by atoms with E-state index in [9.17, 15) is 9.59 Å². The van der Waals surface area contributed by atoms with Gasteiger partial charge in [0.1, 0.15) is 0 Å². The fourth-order valence-corrected chi connectivity index (χ4v) is 2.40. The smallest absolute Gasteiger partial charge is 0.259 e. The summed E-state index contributed by atoms with van der Waals surface area (Å²) in [7, 11) is 0. The molecule has 1 aromatic rings. The minimum Gasteiger partial charge on any atom is -0.288 e. The molecule has 0 radical (unpaired) electrons. The number of rotatable bonds is 1. The van der Waals surface area contributed by atoms with Crippen LogP contribution in [0.2, 0.25) is 0 Å². The van der Waals surface area contributed by atoms with Crippen molar-refractivity contribution in [2.24, 2.45) is 0 Å². The third kappa shape index (κ3) is 1.21. The molecule has 3 nitrogen and oxygen atoms in total. The van der Waals surface area contributed by atoms with Gasteiger partial charge in [-0.25, -0.2) is 0 Å². The van der Waals surface area contributed by atoms with E-state index in [4.69, 9.17) is 0 Å². The van der Waals surface area contributed by atoms with E-state index in [0.29, 0.717) is 11.1 Å². The lowest BCUT2D eigenvalue weighted by molar-refractivity contribution is 0.0879. The van der Waals surface area contributed by atoms with Crippen LogP contribution in [0.25, 0.3) is 5.57 Å². The maximum Gasteiger partial charge on any atom is 0.259 e. The first-order valence-corrected chi connectivity index (χ1v) is 5.45. The molecule has 0 aromatic heterocycles. The van der Waals surface area contributed by atoms with Crippen LogP contribution < -0.4 is 5.32 Å². The normalized spacial score (nSPS) is 18.4. The van der Waals surface area contributed by atoms with Crippen molar-refractivity contribution in [2.75, 3.05) is 0 Å². The fourth-order valence-electron chi connectivity index (χ4n) is 2.40. The van der Waals surface area contributed by atoms with Gasteiger partial charge in [0.15, 0.2) is 0 Å². The highest BCUT2D eigenvalue weighted by Crippen LogP contribution is 2.32. The van der Waals surface area contributed by atoms with Crippen LogP contribution >= 0.6 is 0 Å². The van der Waals surface area contributed by atoms with Crippen molar-refractivity contribution in [3.63, 3.8) is 0 Å². The number of hydrogen-bond donors (Lipinski definition) is 1. The van der Waals surface area contributed by atoms with Gasteiger partial charge in [-0.05, 0) is 36.5 Å². The molecule has 0 atom stereocenters. The Morgan fingerprint density at radius 2 is 1.88 bits per heavy atom. The number of hydrogen-bond acceptors (Lipinski definition) is 2. The van der Waals surface area contributed by atoms with Gasteiger partial charge in [0.2, 0.25) is 0 Å². The van der Waals surface area contributed by atoms with E-state index in [1.54, 1.807) is 6.07 Å². The van der Waals surface area contributed by atoms with Crippen LogP contribution in [0.4, 0.5) is 0 Å². The number of nitrogens with one attached hydrogen (secondary N) is 1. The minimum absolute atomic E-state index is 0.261. The molecule has 1 aromatic carbocycles. The highest BCUT2D eigenvalue weighted by atomic mass is 16.2. The van der Waals surface area contributed by atoms with Crippen LogP contribution in [0, 0.1) is 0 Å². The van der Waals surface area contributed by atoms with Gasteiger partial charge in [-0.3, -0.25) is 14.9 Å². The molecule has 1 aliphatic heterocycles. The van der Waals surface area contributed by atoms with Crippen molar-refractivity contribution in [1.82, 2.24) is 5.32 Å². The van der Waals surface area contributed by atoms with E-state index in [-0.39, 0.29) is 11.8 Å². The molecule has 3 rings (SSSR count). The van der Waals surface area contributed by atoms with Crippen LogP contribution in [0.5, 0.6) is 0 Å². The van der Waals surface area contributed by atoms with Gasteiger partial charge < -0.3 is 0 Å². The van der Waals surface area contributed by atoms with Gasteiger partial charge >= 0.3 is 0 Å². The zero-order chi connectivity index (χ0) is 11.1. The zero-order valence-corrected chi connectivity index (χ0v) is 8.75. The van der Waals surface area contributed by atoms with Crippen molar-refractivity contribution in [1.29, 1.82) is 0 Å². The molecule has 0 fully saturated rings. The Kier molecular flexibility index (Phi) is 1.93. The standard InChI is InChI=1S/C13H11NO2/c15-12-10-7-3-6-9(8-4-1-2-5-8)11(10)13(16)14-12/h3-4,6-7H,1-2,5H2,(H,14,15,16). The van der Waals surface area contributed by atoms with E-state index in [0.717, 1.165) is 24.8 Å². The third-order valence-electron chi connectivity index (χ3n) is 3.15. The number of fused-ring (bicyclic) bond motifs is 1. The molecule has 80 valence electrons.